The topological polar surface area (TPSA) is 18.5 Å². The van der Waals surface area contributed by atoms with Gasteiger partial charge in [-0.3, -0.25) is 0 Å². The van der Waals surface area contributed by atoms with Crippen LogP contribution < -0.4 is 0 Å². The van der Waals surface area contributed by atoms with E-state index in [-0.39, 0.29) is 0 Å². The first-order chi connectivity index (χ1) is 9.86. The second kappa shape index (κ2) is 6.85. The third-order valence-corrected chi connectivity index (χ3v) is 6.00. The van der Waals surface area contributed by atoms with Gasteiger partial charge in [0.1, 0.15) is 14.9 Å². The van der Waals surface area contributed by atoms with Gasteiger partial charge in [-0.05, 0) is 38.0 Å². The van der Waals surface area contributed by atoms with Crippen molar-refractivity contribution >= 4 is 8.07 Å². The van der Waals surface area contributed by atoms with Gasteiger partial charge >= 0.3 is 0 Å². The van der Waals surface area contributed by atoms with Crippen molar-refractivity contribution in [1.82, 2.24) is 0 Å². The van der Waals surface area contributed by atoms with Crippen LogP contribution in [0.4, 0.5) is 0 Å². The van der Waals surface area contributed by atoms with Crippen molar-refractivity contribution < 1.29 is 9.47 Å². The maximum atomic E-state index is 6.06. The average molecular weight is 309 g/mol. The molecule has 0 aromatic rings. The minimum absolute atomic E-state index is 0.350. The van der Waals surface area contributed by atoms with Crippen LogP contribution in [0.1, 0.15) is 46.0 Å². The van der Waals surface area contributed by atoms with E-state index in [1.54, 1.807) is 0 Å². The van der Waals surface area contributed by atoms with Crippen LogP contribution in [-0.2, 0) is 9.47 Å². The Balaban J connectivity index is 2.11. The van der Waals surface area contributed by atoms with Crippen molar-refractivity contribution in [2.75, 3.05) is 13.4 Å². The normalized spacial score (nSPS) is 36.0. The van der Waals surface area contributed by atoms with Gasteiger partial charge in [-0.1, -0.05) is 33.0 Å². The van der Waals surface area contributed by atoms with E-state index in [0.717, 1.165) is 6.61 Å². The van der Waals surface area contributed by atoms with Gasteiger partial charge in [-0.15, -0.1) is 11.5 Å². The van der Waals surface area contributed by atoms with Crippen LogP contribution in [-0.4, -0.2) is 27.6 Å². The van der Waals surface area contributed by atoms with Crippen LogP contribution in [0.5, 0.6) is 0 Å². The van der Waals surface area contributed by atoms with Gasteiger partial charge in [0, 0.05) is 18.4 Å². The minimum atomic E-state index is -1.29. The third kappa shape index (κ3) is 4.34. The molecule has 120 valence electrons. The van der Waals surface area contributed by atoms with Crippen molar-refractivity contribution in [1.29, 1.82) is 0 Å². The second-order valence-electron chi connectivity index (χ2n) is 8.05. The summed E-state index contributed by atoms with van der Waals surface area (Å²) >= 11 is 0. The highest BCUT2D eigenvalue weighted by Crippen LogP contribution is 2.55. The van der Waals surface area contributed by atoms with Gasteiger partial charge in [-0.2, -0.15) is 0 Å². The Morgan fingerprint density at radius 3 is 2.62 bits per heavy atom. The number of ether oxygens (including phenoxy) is 2. The van der Waals surface area contributed by atoms with Gasteiger partial charge in [0.15, 0.2) is 0 Å². The molecule has 0 aromatic heterocycles. The zero-order valence-corrected chi connectivity index (χ0v) is 15.5. The summed E-state index contributed by atoms with van der Waals surface area (Å²) in [5.74, 6) is 4.81. The molecule has 0 aliphatic heterocycles. The van der Waals surface area contributed by atoms with Crippen LogP contribution in [0.3, 0.4) is 0 Å². The van der Waals surface area contributed by atoms with E-state index in [9.17, 15) is 0 Å². The lowest BCUT2D eigenvalue weighted by Gasteiger charge is -2.42. The highest BCUT2D eigenvalue weighted by atomic mass is 28.3. The third-order valence-electron chi connectivity index (χ3n) is 5.10. The molecule has 0 unspecified atom stereocenters. The summed E-state index contributed by atoms with van der Waals surface area (Å²) in [5, 5.41) is 0. The maximum Gasteiger partial charge on any atom is 0.147 e. The fraction of sp³-hybridized carbons (Fsp3) is 0.889. The first-order valence-electron chi connectivity index (χ1n) is 8.58. The number of rotatable bonds is 4. The fourth-order valence-corrected chi connectivity index (χ4v) is 4.70. The zero-order chi connectivity index (χ0) is 15.5. The molecule has 4 atom stereocenters. The van der Waals surface area contributed by atoms with Crippen LogP contribution in [0.25, 0.3) is 0 Å². The summed E-state index contributed by atoms with van der Waals surface area (Å²) in [4.78, 5) is 0. The van der Waals surface area contributed by atoms with Crippen molar-refractivity contribution in [3.8, 4) is 11.5 Å². The second-order valence-corrected chi connectivity index (χ2v) is 12.8. The Morgan fingerprint density at radius 1 is 1.19 bits per heavy atom. The first kappa shape index (κ1) is 17.1. The molecule has 2 rings (SSSR count). The van der Waals surface area contributed by atoms with E-state index in [4.69, 9.17) is 9.47 Å². The Hall–Kier alpha value is -0.303. The van der Waals surface area contributed by atoms with Crippen LogP contribution in [0.15, 0.2) is 0 Å². The van der Waals surface area contributed by atoms with Gasteiger partial charge < -0.3 is 9.47 Å². The first-order valence-corrected chi connectivity index (χ1v) is 12.1. The minimum Gasteiger partial charge on any atom is -0.356 e. The molecule has 0 aromatic carbocycles. The van der Waals surface area contributed by atoms with Crippen LogP contribution in [0, 0.1) is 28.7 Å². The molecule has 2 fully saturated rings. The van der Waals surface area contributed by atoms with Crippen LogP contribution in [0.2, 0.25) is 19.6 Å². The Kier molecular flexibility index (Phi) is 5.57. The Morgan fingerprint density at radius 2 is 1.95 bits per heavy atom. The van der Waals surface area contributed by atoms with Gasteiger partial charge in [-0.25, -0.2) is 0 Å². The van der Waals surface area contributed by atoms with Crippen molar-refractivity contribution in [3.05, 3.63) is 0 Å². The smallest absolute Gasteiger partial charge is 0.147 e. The number of fused-ring (bicyclic) bond motifs is 1. The molecule has 2 nitrogen and oxygen atoms in total. The summed E-state index contributed by atoms with van der Waals surface area (Å²) in [5.41, 5.74) is 4.05. The maximum absolute atomic E-state index is 6.06. The monoisotopic (exact) mass is 308 g/mol. The van der Waals surface area contributed by atoms with E-state index >= 15 is 0 Å². The molecule has 0 spiro atoms. The summed E-state index contributed by atoms with van der Waals surface area (Å²) in [6.07, 6.45) is 6.75. The molecule has 2 aliphatic carbocycles. The summed E-state index contributed by atoms with van der Waals surface area (Å²) < 4.78 is 11.5. The van der Waals surface area contributed by atoms with Crippen LogP contribution >= 0.6 is 0 Å². The van der Waals surface area contributed by atoms with E-state index in [1.165, 1.54) is 32.1 Å². The molecule has 0 N–H and O–H groups in total. The highest BCUT2D eigenvalue weighted by Gasteiger charge is 2.50. The average Bonchev–Trinajstić information content (AvgIpc) is 2.73. The van der Waals surface area contributed by atoms with E-state index in [1.807, 2.05) is 6.92 Å². The summed E-state index contributed by atoms with van der Waals surface area (Å²) in [7, 11) is -1.29. The standard InChI is InChI=1S/C18H32O2Si/c1-6-19-14-20-16-9-12-18(2)11-7-8-15(17(16)18)10-13-21(3,4)5/h15-17H,6-9,11-12,14H2,1-5H3/t15-,16-,17+,18+/m1/s1. The Bertz CT molecular complexity index is 404. The molecular weight excluding hydrogens is 276 g/mol. The molecule has 3 heteroatoms. The largest absolute Gasteiger partial charge is 0.356 e. The van der Waals surface area contributed by atoms with E-state index in [0.29, 0.717) is 30.1 Å². The molecule has 0 amide bonds. The summed E-state index contributed by atoms with van der Waals surface area (Å²) in [6.45, 7) is 12.7. The highest BCUT2D eigenvalue weighted by molar-refractivity contribution is 6.83. The molecule has 0 saturated heterocycles. The van der Waals surface area contributed by atoms with Gasteiger partial charge in [0.2, 0.25) is 0 Å². The molecule has 0 bridgehead atoms. The summed E-state index contributed by atoms with van der Waals surface area (Å²) in [6, 6.07) is 0. The number of hydrogen-bond acceptors (Lipinski definition) is 2. The van der Waals surface area contributed by atoms with Gasteiger partial charge in [0.25, 0.3) is 0 Å². The SMILES string of the molecule is CCOCO[C@@H]1CC[C@]2(C)CCC[C@H](C#C[Si](C)(C)C)[C@@H]12. The molecular formula is C18H32O2Si. The number of hydrogen-bond donors (Lipinski definition) is 0. The predicted molar refractivity (Wildman–Crippen MR) is 90.7 cm³/mol. The lowest BCUT2D eigenvalue weighted by molar-refractivity contribution is -0.113. The molecule has 21 heavy (non-hydrogen) atoms. The van der Waals surface area contributed by atoms with Gasteiger partial charge in [0.05, 0.1) is 6.10 Å². The van der Waals surface area contributed by atoms with E-state index in [2.05, 4.69) is 38.0 Å². The fourth-order valence-electron chi connectivity index (χ4n) is 4.09. The van der Waals surface area contributed by atoms with Crippen molar-refractivity contribution in [3.63, 3.8) is 0 Å². The van der Waals surface area contributed by atoms with E-state index < -0.39 is 8.07 Å². The molecule has 2 aliphatic rings. The Labute approximate surface area is 132 Å². The lowest BCUT2D eigenvalue weighted by atomic mass is 9.64. The quantitative estimate of drug-likeness (QED) is 0.330. The predicted octanol–water partition coefficient (Wildman–Crippen LogP) is 4.46. The zero-order valence-electron chi connectivity index (χ0n) is 14.5. The van der Waals surface area contributed by atoms with Crippen molar-refractivity contribution in [2.24, 2.45) is 17.3 Å². The van der Waals surface area contributed by atoms with Crippen molar-refractivity contribution in [2.45, 2.75) is 71.7 Å². The molecule has 0 heterocycles. The molecule has 2 saturated carbocycles. The lowest BCUT2D eigenvalue weighted by Crippen LogP contribution is -2.39. The molecule has 0 radical (unpaired) electrons.